The Hall–Kier alpha value is -3.67. The van der Waals surface area contributed by atoms with Crippen LogP contribution in [0.5, 0.6) is 0 Å². The van der Waals surface area contributed by atoms with Crippen molar-refractivity contribution in [2.45, 2.75) is 25.3 Å². The van der Waals surface area contributed by atoms with Crippen molar-refractivity contribution in [2.75, 3.05) is 36.6 Å². The zero-order valence-corrected chi connectivity index (χ0v) is 18.3. The normalized spacial score (nSPS) is 18.3. The standard InChI is InChI=1S/C27H25N5/c1-4-19-13-22-17(2)26-21-9-8-18(15-28)12-23(21)29-27(26)32(20-6-5-7-20)25(22)14-24(19)31-11-10-30(3)16-31/h1,8-9,12-14,20,29H,2,5-7,10-11,16H2,3H3. The van der Waals surface area contributed by atoms with Gasteiger partial charge in [0.2, 0.25) is 0 Å². The second kappa shape index (κ2) is 6.92. The molecule has 0 radical (unpaired) electrons. The summed E-state index contributed by atoms with van der Waals surface area (Å²) in [7, 11) is 2.14. The van der Waals surface area contributed by atoms with Crippen LogP contribution >= 0.6 is 0 Å². The summed E-state index contributed by atoms with van der Waals surface area (Å²) in [6.07, 6.45) is 9.58. The fraction of sp³-hybridized carbons (Fsp3) is 0.296. The summed E-state index contributed by atoms with van der Waals surface area (Å²) in [5, 5.41) is 10.5. The second-order valence-corrected chi connectivity index (χ2v) is 9.17. The molecule has 0 spiro atoms. The quantitative estimate of drug-likeness (QED) is 0.607. The third kappa shape index (κ3) is 2.62. The van der Waals surface area contributed by atoms with Crippen LogP contribution in [0.3, 0.4) is 0 Å². The minimum absolute atomic E-state index is 0.454. The molecule has 1 N–H and O–H groups in total. The van der Waals surface area contributed by atoms with Crippen LogP contribution < -0.4 is 9.80 Å². The molecule has 3 aliphatic rings. The number of aromatic amines is 1. The van der Waals surface area contributed by atoms with E-state index in [2.05, 4.69) is 57.4 Å². The molecule has 0 amide bonds. The SMILES string of the molecule is C#Cc1cc2c(cc1N1CCN(C)C1)N(C1CCC1)c1[nH]c3cc(C#N)ccc3c1C2=C. The van der Waals surface area contributed by atoms with Gasteiger partial charge in [0, 0.05) is 46.7 Å². The molecule has 1 saturated carbocycles. The van der Waals surface area contributed by atoms with Crippen LogP contribution in [0.15, 0.2) is 36.9 Å². The Labute approximate surface area is 188 Å². The van der Waals surface area contributed by atoms with E-state index in [1.54, 1.807) is 0 Å². The minimum Gasteiger partial charge on any atom is -0.356 e. The van der Waals surface area contributed by atoms with Gasteiger partial charge in [0.05, 0.1) is 29.7 Å². The molecule has 3 heterocycles. The first-order chi connectivity index (χ1) is 15.6. The molecule has 3 aromatic rings. The van der Waals surface area contributed by atoms with Crippen molar-refractivity contribution >= 4 is 33.7 Å². The van der Waals surface area contributed by atoms with E-state index in [0.29, 0.717) is 11.6 Å². The van der Waals surface area contributed by atoms with E-state index >= 15 is 0 Å². The fourth-order valence-electron chi connectivity index (χ4n) is 5.33. The second-order valence-electron chi connectivity index (χ2n) is 9.17. The molecule has 2 aromatic carbocycles. The summed E-state index contributed by atoms with van der Waals surface area (Å²) >= 11 is 0. The lowest BCUT2D eigenvalue weighted by molar-refractivity contribution is 0.409. The van der Waals surface area contributed by atoms with Gasteiger partial charge in [0.1, 0.15) is 5.82 Å². The largest absolute Gasteiger partial charge is 0.356 e. The predicted molar refractivity (Wildman–Crippen MR) is 130 cm³/mol. The molecule has 5 nitrogen and oxygen atoms in total. The lowest BCUT2D eigenvalue weighted by Gasteiger charge is -2.43. The van der Waals surface area contributed by atoms with Crippen LogP contribution in [0.1, 0.15) is 41.5 Å². The third-order valence-corrected chi connectivity index (χ3v) is 7.25. The number of rotatable bonds is 2. The highest BCUT2D eigenvalue weighted by atomic mass is 15.4. The Kier molecular flexibility index (Phi) is 4.12. The van der Waals surface area contributed by atoms with Gasteiger partial charge in [0.15, 0.2) is 0 Å². The average Bonchev–Trinajstić information content (AvgIpc) is 3.37. The van der Waals surface area contributed by atoms with Crippen molar-refractivity contribution in [1.82, 2.24) is 9.88 Å². The zero-order valence-electron chi connectivity index (χ0n) is 18.3. The molecule has 1 saturated heterocycles. The number of nitrogens with one attached hydrogen (secondary N) is 1. The number of likely N-dealkylation sites (N-methyl/N-ethyl adjacent to an activating group) is 1. The number of terminal acetylenes is 1. The van der Waals surface area contributed by atoms with Crippen molar-refractivity contribution in [3.05, 3.63) is 59.2 Å². The number of hydrogen-bond donors (Lipinski definition) is 1. The summed E-state index contributed by atoms with van der Waals surface area (Å²) in [6, 6.07) is 13.0. The van der Waals surface area contributed by atoms with Gasteiger partial charge in [-0.3, -0.25) is 4.90 Å². The Balaban J connectivity index is 1.58. The highest BCUT2D eigenvalue weighted by Gasteiger charge is 2.37. The molecular weight excluding hydrogens is 394 g/mol. The number of aromatic nitrogens is 1. The molecule has 32 heavy (non-hydrogen) atoms. The van der Waals surface area contributed by atoms with Crippen molar-refractivity contribution in [3.63, 3.8) is 0 Å². The highest BCUT2D eigenvalue weighted by Crippen LogP contribution is 2.51. The summed E-state index contributed by atoms with van der Waals surface area (Å²) < 4.78 is 0. The first-order valence-corrected chi connectivity index (χ1v) is 11.2. The van der Waals surface area contributed by atoms with E-state index in [-0.39, 0.29) is 0 Å². The Morgan fingerprint density at radius 3 is 2.66 bits per heavy atom. The number of benzene rings is 2. The monoisotopic (exact) mass is 419 g/mol. The number of hydrogen-bond acceptors (Lipinski definition) is 4. The first kappa shape index (κ1) is 19.0. The van der Waals surface area contributed by atoms with E-state index in [9.17, 15) is 5.26 Å². The third-order valence-electron chi connectivity index (χ3n) is 7.25. The van der Waals surface area contributed by atoms with Gasteiger partial charge in [-0.15, -0.1) is 6.42 Å². The maximum Gasteiger partial charge on any atom is 0.119 e. The average molecular weight is 420 g/mol. The lowest BCUT2D eigenvalue weighted by atomic mass is 9.85. The predicted octanol–water partition coefficient (Wildman–Crippen LogP) is 4.80. The van der Waals surface area contributed by atoms with Crippen molar-refractivity contribution < 1.29 is 0 Å². The number of nitriles is 1. The number of anilines is 3. The first-order valence-electron chi connectivity index (χ1n) is 11.2. The smallest absolute Gasteiger partial charge is 0.119 e. The summed E-state index contributed by atoms with van der Waals surface area (Å²) in [6.45, 7) is 7.40. The molecule has 5 heteroatoms. The highest BCUT2D eigenvalue weighted by molar-refractivity contribution is 6.08. The molecule has 0 unspecified atom stereocenters. The van der Waals surface area contributed by atoms with Crippen LogP contribution in [0.25, 0.3) is 16.5 Å². The number of H-pyrrole nitrogens is 1. The van der Waals surface area contributed by atoms with Crippen LogP contribution in [-0.2, 0) is 0 Å². The van der Waals surface area contributed by atoms with Crippen LogP contribution in [-0.4, -0.2) is 42.7 Å². The molecule has 6 rings (SSSR count). The van der Waals surface area contributed by atoms with E-state index in [0.717, 1.165) is 64.4 Å². The molecule has 1 aromatic heterocycles. The van der Waals surface area contributed by atoms with E-state index < -0.39 is 0 Å². The Morgan fingerprint density at radius 1 is 1.16 bits per heavy atom. The van der Waals surface area contributed by atoms with Gasteiger partial charge >= 0.3 is 0 Å². The van der Waals surface area contributed by atoms with Gasteiger partial charge in [0.25, 0.3) is 0 Å². The molecular formula is C27H25N5. The molecule has 2 aliphatic heterocycles. The fourth-order valence-corrected chi connectivity index (χ4v) is 5.33. The zero-order chi connectivity index (χ0) is 22.0. The van der Waals surface area contributed by atoms with E-state index in [4.69, 9.17) is 6.42 Å². The van der Waals surface area contributed by atoms with Gasteiger partial charge < -0.3 is 14.8 Å². The van der Waals surface area contributed by atoms with Gasteiger partial charge in [-0.1, -0.05) is 18.6 Å². The number of nitrogens with zero attached hydrogens (tertiary/aromatic N) is 4. The van der Waals surface area contributed by atoms with Gasteiger partial charge in [-0.05, 0) is 56.1 Å². The van der Waals surface area contributed by atoms with E-state index in [1.807, 2.05) is 18.2 Å². The van der Waals surface area contributed by atoms with Crippen LogP contribution in [0.2, 0.25) is 0 Å². The summed E-state index contributed by atoms with van der Waals surface area (Å²) in [5.41, 5.74) is 8.09. The summed E-state index contributed by atoms with van der Waals surface area (Å²) in [5.74, 6) is 4.03. The van der Waals surface area contributed by atoms with Crippen LogP contribution in [0.4, 0.5) is 17.2 Å². The molecule has 0 bridgehead atoms. The minimum atomic E-state index is 0.454. The van der Waals surface area contributed by atoms with Gasteiger partial charge in [-0.2, -0.15) is 5.26 Å². The lowest BCUT2D eigenvalue weighted by Crippen LogP contribution is -2.39. The summed E-state index contributed by atoms with van der Waals surface area (Å²) in [4.78, 5) is 10.8. The maximum absolute atomic E-state index is 9.37. The Morgan fingerprint density at radius 2 is 2.00 bits per heavy atom. The van der Waals surface area contributed by atoms with Crippen molar-refractivity contribution in [3.8, 4) is 18.4 Å². The maximum atomic E-state index is 9.37. The topological polar surface area (TPSA) is 49.3 Å². The molecule has 1 aliphatic carbocycles. The van der Waals surface area contributed by atoms with Crippen molar-refractivity contribution in [1.29, 1.82) is 5.26 Å². The molecule has 0 atom stereocenters. The van der Waals surface area contributed by atoms with Crippen LogP contribution in [0, 0.1) is 23.7 Å². The Bertz CT molecular complexity index is 1360. The van der Waals surface area contributed by atoms with Crippen molar-refractivity contribution in [2.24, 2.45) is 0 Å². The van der Waals surface area contributed by atoms with Gasteiger partial charge in [-0.25, -0.2) is 0 Å². The molecule has 2 fully saturated rings. The molecule has 158 valence electrons. The van der Waals surface area contributed by atoms with E-state index in [1.165, 1.54) is 24.9 Å². The number of fused-ring (bicyclic) bond motifs is 4.